The molecular formula is C23H27FIN5O. The molecule has 0 saturated carbocycles. The fourth-order valence-electron chi connectivity index (χ4n) is 3.49. The molecule has 0 spiro atoms. The predicted molar refractivity (Wildman–Crippen MR) is 131 cm³/mol. The Bertz CT molecular complexity index is 1010. The number of para-hydroxylation sites is 1. The van der Waals surface area contributed by atoms with Crippen molar-refractivity contribution in [2.24, 2.45) is 4.99 Å². The van der Waals surface area contributed by atoms with Gasteiger partial charge in [-0.15, -0.1) is 24.0 Å². The number of hydrogen-bond acceptors (Lipinski definition) is 3. The largest absolute Gasteiger partial charge is 0.493 e. The normalized spacial score (nSPS) is 15.4. The number of benzene rings is 2. The van der Waals surface area contributed by atoms with Crippen LogP contribution in [0.1, 0.15) is 30.6 Å². The molecule has 2 heterocycles. The maximum Gasteiger partial charge on any atom is 0.191 e. The van der Waals surface area contributed by atoms with E-state index in [1.54, 1.807) is 16.8 Å². The van der Waals surface area contributed by atoms with Gasteiger partial charge < -0.3 is 15.4 Å². The van der Waals surface area contributed by atoms with Crippen molar-refractivity contribution in [3.8, 4) is 11.4 Å². The summed E-state index contributed by atoms with van der Waals surface area (Å²) >= 11 is 0. The van der Waals surface area contributed by atoms with E-state index in [1.807, 2.05) is 30.5 Å². The van der Waals surface area contributed by atoms with E-state index >= 15 is 0 Å². The lowest BCUT2D eigenvalue weighted by molar-refractivity contribution is 0.261. The molecule has 3 aromatic rings. The highest BCUT2D eigenvalue weighted by molar-refractivity contribution is 14.0. The molecule has 0 aliphatic carbocycles. The SMILES string of the molecule is CCNC(=NCCc1ccn(-c2ccc(F)cc2)n1)NC1CCOc2ccccc21.I. The molecule has 0 amide bonds. The minimum Gasteiger partial charge on any atom is -0.493 e. The van der Waals surface area contributed by atoms with Gasteiger partial charge in [0.15, 0.2) is 5.96 Å². The number of guanidine groups is 1. The molecule has 1 unspecified atom stereocenters. The third-order valence-corrected chi connectivity index (χ3v) is 4.99. The number of ether oxygens (including phenoxy) is 1. The highest BCUT2D eigenvalue weighted by Crippen LogP contribution is 2.31. The van der Waals surface area contributed by atoms with Gasteiger partial charge in [-0.1, -0.05) is 18.2 Å². The first-order chi connectivity index (χ1) is 14.7. The summed E-state index contributed by atoms with van der Waals surface area (Å²) in [6, 6.07) is 16.6. The molecule has 0 bridgehead atoms. The average molecular weight is 535 g/mol. The number of fused-ring (bicyclic) bond motifs is 1. The summed E-state index contributed by atoms with van der Waals surface area (Å²) in [5.74, 6) is 1.47. The molecule has 0 fully saturated rings. The van der Waals surface area contributed by atoms with Crippen LogP contribution >= 0.6 is 24.0 Å². The van der Waals surface area contributed by atoms with Gasteiger partial charge in [0.1, 0.15) is 11.6 Å². The Balaban J connectivity index is 0.00000272. The first-order valence-electron chi connectivity index (χ1n) is 10.3. The van der Waals surface area contributed by atoms with Crippen molar-refractivity contribution in [1.29, 1.82) is 0 Å². The fourth-order valence-corrected chi connectivity index (χ4v) is 3.49. The maximum atomic E-state index is 13.1. The van der Waals surface area contributed by atoms with Crippen LogP contribution in [-0.2, 0) is 6.42 Å². The summed E-state index contributed by atoms with van der Waals surface area (Å²) in [4.78, 5) is 4.72. The second-order valence-corrected chi connectivity index (χ2v) is 7.11. The minimum atomic E-state index is -0.254. The van der Waals surface area contributed by atoms with Crippen LogP contribution in [0.2, 0.25) is 0 Å². The average Bonchev–Trinajstić information content (AvgIpc) is 3.23. The summed E-state index contributed by atoms with van der Waals surface area (Å²) in [5, 5.41) is 11.4. The Labute approximate surface area is 198 Å². The van der Waals surface area contributed by atoms with Crippen molar-refractivity contribution in [3.63, 3.8) is 0 Å². The lowest BCUT2D eigenvalue weighted by Gasteiger charge is -2.28. The molecule has 1 aliphatic heterocycles. The van der Waals surface area contributed by atoms with Gasteiger partial charge >= 0.3 is 0 Å². The second kappa shape index (κ2) is 11.1. The molecule has 6 nitrogen and oxygen atoms in total. The van der Waals surface area contributed by atoms with Crippen molar-refractivity contribution in [1.82, 2.24) is 20.4 Å². The number of nitrogens with one attached hydrogen (secondary N) is 2. The summed E-state index contributed by atoms with van der Waals surface area (Å²) < 4.78 is 20.6. The van der Waals surface area contributed by atoms with Crippen LogP contribution in [0.15, 0.2) is 65.8 Å². The lowest BCUT2D eigenvalue weighted by Crippen LogP contribution is -2.41. The Morgan fingerprint density at radius 3 is 2.81 bits per heavy atom. The van der Waals surface area contributed by atoms with Crippen molar-refractivity contribution in [2.75, 3.05) is 19.7 Å². The number of aromatic nitrogens is 2. The monoisotopic (exact) mass is 535 g/mol. The Morgan fingerprint density at radius 2 is 2.00 bits per heavy atom. The number of halogens is 2. The van der Waals surface area contributed by atoms with E-state index in [0.29, 0.717) is 13.2 Å². The van der Waals surface area contributed by atoms with E-state index in [-0.39, 0.29) is 35.8 Å². The molecular weight excluding hydrogens is 508 g/mol. The van der Waals surface area contributed by atoms with Gasteiger partial charge in [0.25, 0.3) is 0 Å². The van der Waals surface area contributed by atoms with E-state index in [0.717, 1.165) is 48.0 Å². The summed E-state index contributed by atoms with van der Waals surface area (Å²) in [5.41, 5.74) is 2.93. The standard InChI is InChI=1S/C23H26FN5O.HI/c1-2-25-23(27-21-13-16-30-22-6-4-3-5-20(21)22)26-14-11-18-12-15-29(28-18)19-9-7-17(24)8-10-19;/h3-10,12,15,21H,2,11,13-14,16H2,1H3,(H2,25,26,27);1H. The zero-order chi connectivity index (χ0) is 20.8. The highest BCUT2D eigenvalue weighted by atomic mass is 127. The molecule has 1 aromatic heterocycles. The topological polar surface area (TPSA) is 63.5 Å². The molecule has 8 heteroatoms. The Morgan fingerprint density at radius 1 is 1.19 bits per heavy atom. The van der Waals surface area contributed by atoms with Crippen LogP contribution < -0.4 is 15.4 Å². The summed E-state index contributed by atoms with van der Waals surface area (Å²) in [7, 11) is 0. The van der Waals surface area contributed by atoms with Crippen LogP contribution in [0, 0.1) is 5.82 Å². The van der Waals surface area contributed by atoms with Crippen LogP contribution in [0.5, 0.6) is 5.75 Å². The van der Waals surface area contributed by atoms with Crippen molar-refractivity contribution in [3.05, 3.63) is 77.9 Å². The maximum absolute atomic E-state index is 13.1. The third-order valence-electron chi connectivity index (χ3n) is 4.99. The van der Waals surface area contributed by atoms with Crippen molar-refractivity contribution >= 4 is 29.9 Å². The van der Waals surface area contributed by atoms with Gasteiger partial charge in [-0.25, -0.2) is 9.07 Å². The third kappa shape index (κ3) is 5.96. The minimum absolute atomic E-state index is 0. The molecule has 4 rings (SSSR count). The molecule has 31 heavy (non-hydrogen) atoms. The fraction of sp³-hybridized carbons (Fsp3) is 0.304. The van der Waals surface area contributed by atoms with Gasteiger partial charge in [0.05, 0.1) is 24.0 Å². The Kier molecular flexibility index (Phi) is 8.27. The summed E-state index contributed by atoms with van der Waals surface area (Å²) in [6.07, 6.45) is 3.49. The van der Waals surface area contributed by atoms with E-state index in [4.69, 9.17) is 9.73 Å². The number of aliphatic imine (C=N–C) groups is 1. The smallest absolute Gasteiger partial charge is 0.191 e. The number of nitrogens with zero attached hydrogens (tertiary/aromatic N) is 3. The van der Waals surface area contributed by atoms with E-state index in [9.17, 15) is 4.39 Å². The molecule has 2 aromatic carbocycles. The number of hydrogen-bond donors (Lipinski definition) is 2. The van der Waals surface area contributed by atoms with Crippen molar-refractivity contribution < 1.29 is 9.13 Å². The van der Waals surface area contributed by atoms with Crippen molar-refractivity contribution in [2.45, 2.75) is 25.8 Å². The zero-order valence-electron chi connectivity index (χ0n) is 17.4. The first kappa shape index (κ1) is 23.1. The van der Waals surface area contributed by atoms with E-state index in [1.165, 1.54) is 12.1 Å². The van der Waals surface area contributed by atoms with Gasteiger partial charge in [0.2, 0.25) is 0 Å². The molecule has 1 atom stereocenters. The predicted octanol–water partition coefficient (Wildman–Crippen LogP) is 4.25. The Hall–Kier alpha value is -2.62. The van der Waals surface area contributed by atoms with Crippen LogP contribution in [0.25, 0.3) is 5.69 Å². The molecule has 2 N–H and O–H groups in total. The van der Waals surface area contributed by atoms with Gasteiger partial charge in [-0.3, -0.25) is 4.99 Å². The molecule has 1 aliphatic rings. The quantitative estimate of drug-likeness (QED) is 0.282. The van der Waals surface area contributed by atoms with E-state index in [2.05, 4.69) is 28.7 Å². The zero-order valence-corrected chi connectivity index (χ0v) is 19.8. The van der Waals surface area contributed by atoms with E-state index < -0.39 is 0 Å². The van der Waals surface area contributed by atoms with Crippen LogP contribution in [0.3, 0.4) is 0 Å². The van der Waals surface area contributed by atoms with Crippen LogP contribution in [-0.4, -0.2) is 35.4 Å². The molecule has 0 saturated heterocycles. The van der Waals surface area contributed by atoms with Gasteiger partial charge in [-0.05, 0) is 43.3 Å². The number of rotatable bonds is 6. The van der Waals surface area contributed by atoms with Gasteiger partial charge in [-0.2, -0.15) is 5.10 Å². The lowest BCUT2D eigenvalue weighted by atomic mass is 10.0. The first-order valence-corrected chi connectivity index (χ1v) is 10.3. The molecule has 0 radical (unpaired) electrons. The van der Waals surface area contributed by atoms with Crippen LogP contribution in [0.4, 0.5) is 4.39 Å². The highest BCUT2D eigenvalue weighted by Gasteiger charge is 2.21. The molecule has 164 valence electrons. The van der Waals surface area contributed by atoms with Gasteiger partial charge in [0, 0.05) is 37.7 Å². The summed E-state index contributed by atoms with van der Waals surface area (Å²) in [6.45, 7) is 4.14. The second-order valence-electron chi connectivity index (χ2n) is 7.11.